The first-order valence-electron chi connectivity index (χ1n) is 3.40. The van der Waals surface area contributed by atoms with Crippen LogP contribution in [0.25, 0.3) is 0 Å². The van der Waals surface area contributed by atoms with Gasteiger partial charge in [0.1, 0.15) is 5.84 Å². The molecule has 0 aromatic rings. The van der Waals surface area contributed by atoms with Crippen LogP contribution in [-0.2, 0) is 0 Å². The number of rotatable bonds is 2. The van der Waals surface area contributed by atoms with Crippen molar-refractivity contribution in [2.45, 2.75) is 25.8 Å². The van der Waals surface area contributed by atoms with Crippen molar-refractivity contribution in [1.82, 2.24) is 10.6 Å². The van der Waals surface area contributed by atoms with Crippen LogP contribution in [0.3, 0.4) is 0 Å². The summed E-state index contributed by atoms with van der Waals surface area (Å²) in [7, 11) is 0. The number of nitrogens with one attached hydrogen (secondary N) is 3. The van der Waals surface area contributed by atoms with E-state index in [9.17, 15) is 4.79 Å². The summed E-state index contributed by atoms with van der Waals surface area (Å²) in [5.41, 5.74) is 0. The highest BCUT2D eigenvalue weighted by Crippen LogP contribution is 2.00. The van der Waals surface area contributed by atoms with E-state index in [2.05, 4.69) is 10.6 Å². The number of urea groups is 1. The van der Waals surface area contributed by atoms with Gasteiger partial charge in [-0.15, -0.1) is 0 Å². The topological polar surface area (TPSA) is 65.0 Å². The number of carbonyl (C=O) groups excluding carboxylic acids is 1. The molecule has 3 N–H and O–H groups in total. The first-order chi connectivity index (χ1) is 4.74. The van der Waals surface area contributed by atoms with Crippen LogP contribution >= 0.6 is 0 Å². The quantitative estimate of drug-likeness (QED) is 0.513. The fourth-order valence-corrected chi connectivity index (χ4v) is 0.981. The predicted molar refractivity (Wildman–Crippen MR) is 38.1 cm³/mol. The van der Waals surface area contributed by atoms with Crippen LogP contribution < -0.4 is 10.6 Å². The molecule has 0 aliphatic carbocycles. The highest BCUT2D eigenvalue weighted by molar-refractivity contribution is 6.05. The lowest BCUT2D eigenvalue weighted by atomic mass is 10.2. The summed E-state index contributed by atoms with van der Waals surface area (Å²) < 4.78 is 0. The van der Waals surface area contributed by atoms with Gasteiger partial charge in [0.05, 0.1) is 6.04 Å². The summed E-state index contributed by atoms with van der Waals surface area (Å²) in [4.78, 5) is 10.6. The zero-order valence-corrected chi connectivity index (χ0v) is 5.90. The van der Waals surface area contributed by atoms with Crippen molar-refractivity contribution in [3.05, 3.63) is 0 Å². The Balaban J connectivity index is 2.46. The van der Waals surface area contributed by atoms with Crippen LogP contribution in [0, 0.1) is 5.41 Å². The molecule has 1 aliphatic heterocycles. The monoisotopic (exact) mass is 141 g/mol. The fraction of sp³-hybridized carbons (Fsp3) is 0.667. The summed E-state index contributed by atoms with van der Waals surface area (Å²) in [5, 5.41) is 12.3. The van der Waals surface area contributed by atoms with Gasteiger partial charge in [-0.1, -0.05) is 13.3 Å². The Bertz CT molecular complexity index is 166. The van der Waals surface area contributed by atoms with Crippen molar-refractivity contribution in [2.24, 2.45) is 0 Å². The first kappa shape index (κ1) is 7.05. The Morgan fingerprint density at radius 1 is 1.70 bits per heavy atom. The van der Waals surface area contributed by atoms with E-state index in [1.54, 1.807) is 0 Å². The second-order valence-corrected chi connectivity index (χ2v) is 2.35. The molecule has 1 aliphatic rings. The molecule has 1 rings (SSSR count). The zero-order valence-electron chi connectivity index (χ0n) is 5.90. The van der Waals surface area contributed by atoms with Crippen LogP contribution in [0.2, 0.25) is 0 Å². The van der Waals surface area contributed by atoms with Crippen molar-refractivity contribution < 1.29 is 4.79 Å². The molecule has 1 fully saturated rings. The molecule has 1 saturated heterocycles. The van der Waals surface area contributed by atoms with E-state index in [1.165, 1.54) is 0 Å². The standard InChI is InChI=1S/C6H11N3O/c1-2-3-4-5(7)9-6(10)8-4/h4H,2-3H2,1H3,(H3,7,8,9,10). The van der Waals surface area contributed by atoms with Crippen LogP contribution in [-0.4, -0.2) is 17.9 Å². The molecule has 0 spiro atoms. The molecule has 4 nitrogen and oxygen atoms in total. The molecule has 1 atom stereocenters. The van der Waals surface area contributed by atoms with Gasteiger partial charge < -0.3 is 5.32 Å². The molecular formula is C6H11N3O. The maximum Gasteiger partial charge on any atom is 0.320 e. The summed E-state index contributed by atoms with van der Waals surface area (Å²) in [6.07, 6.45) is 1.83. The molecule has 0 aromatic carbocycles. The number of carbonyl (C=O) groups is 1. The van der Waals surface area contributed by atoms with Gasteiger partial charge in [-0.25, -0.2) is 4.79 Å². The highest BCUT2D eigenvalue weighted by atomic mass is 16.2. The minimum absolute atomic E-state index is 0.0718. The Hall–Kier alpha value is -1.06. The third-order valence-corrected chi connectivity index (χ3v) is 1.48. The second-order valence-electron chi connectivity index (χ2n) is 2.35. The SMILES string of the molecule is CCCC1NC(=O)NC1=N. The van der Waals surface area contributed by atoms with E-state index < -0.39 is 0 Å². The van der Waals surface area contributed by atoms with Gasteiger partial charge in [-0.05, 0) is 6.42 Å². The van der Waals surface area contributed by atoms with Gasteiger partial charge >= 0.3 is 6.03 Å². The third kappa shape index (κ3) is 1.26. The average Bonchev–Trinajstić information content (AvgIpc) is 2.13. The molecule has 1 unspecified atom stereocenters. The van der Waals surface area contributed by atoms with Gasteiger partial charge in [-0.2, -0.15) is 0 Å². The Morgan fingerprint density at radius 2 is 2.40 bits per heavy atom. The third-order valence-electron chi connectivity index (χ3n) is 1.48. The van der Waals surface area contributed by atoms with E-state index in [0.29, 0.717) is 5.84 Å². The molecule has 0 radical (unpaired) electrons. The smallest absolute Gasteiger partial charge is 0.320 e. The van der Waals surface area contributed by atoms with Crippen molar-refractivity contribution in [1.29, 1.82) is 5.41 Å². The Labute approximate surface area is 59.5 Å². The molecular weight excluding hydrogens is 130 g/mol. The lowest BCUT2D eigenvalue weighted by Crippen LogP contribution is -2.27. The van der Waals surface area contributed by atoms with E-state index in [0.717, 1.165) is 12.8 Å². The Morgan fingerprint density at radius 3 is 2.80 bits per heavy atom. The minimum Gasteiger partial charge on any atom is -0.328 e. The van der Waals surface area contributed by atoms with Crippen molar-refractivity contribution in [2.75, 3.05) is 0 Å². The zero-order chi connectivity index (χ0) is 7.56. The predicted octanol–water partition coefficient (Wildman–Crippen LogP) is 0.445. The van der Waals surface area contributed by atoms with E-state index in [4.69, 9.17) is 5.41 Å². The van der Waals surface area contributed by atoms with Crippen LogP contribution in [0.4, 0.5) is 4.79 Å². The number of amidine groups is 1. The molecule has 0 saturated carbocycles. The van der Waals surface area contributed by atoms with E-state index in [-0.39, 0.29) is 12.1 Å². The van der Waals surface area contributed by atoms with Crippen molar-refractivity contribution in [3.63, 3.8) is 0 Å². The molecule has 0 aromatic heterocycles. The number of hydrogen-bond acceptors (Lipinski definition) is 2. The Kier molecular flexibility index (Phi) is 1.89. The maximum atomic E-state index is 10.6. The van der Waals surface area contributed by atoms with Gasteiger partial charge in [-0.3, -0.25) is 10.7 Å². The van der Waals surface area contributed by atoms with Crippen LogP contribution in [0.1, 0.15) is 19.8 Å². The van der Waals surface area contributed by atoms with Crippen LogP contribution in [0.15, 0.2) is 0 Å². The first-order valence-corrected chi connectivity index (χ1v) is 3.40. The van der Waals surface area contributed by atoms with Crippen LogP contribution in [0.5, 0.6) is 0 Å². The van der Waals surface area contributed by atoms with Gasteiger partial charge in [0, 0.05) is 0 Å². The van der Waals surface area contributed by atoms with Gasteiger partial charge in [0.15, 0.2) is 0 Å². The average molecular weight is 141 g/mol. The van der Waals surface area contributed by atoms with E-state index in [1.807, 2.05) is 6.92 Å². The fourth-order valence-electron chi connectivity index (χ4n) is 0.981. The highest BCUT2D eigenvalue weighted by Gasteiger charge is 2.24. The minimum atomic E-state index is -0.247. The summed E-state index contributed by atoms with van der Waals surface area (Å²) in [6, 6.07) is -0.319. The van der Waals surface area contributed by atoms with Gasteiger partial charge in [0.25, 0.3) is 0 Å². The van der Waals surface area contributed by atoms with Gasteiger partial charge in [0.2, 0.25) is 0 Å². The van der Waals surface area contributed by atoms with E-state index >= 15 is 0 Å². The molecule has 1 heterocycles. The molecule has 0 bridgehead atoms. The maximum absolute atomic E-state index is 10.6. The van der Waals surface area contributed by atoms with Crippen molar-refractivity contribution >= 4 is 11.9 Å². The molecule has 2 amide bonds. The lowest BCUT2D eigenvalue weighted by molar-refractivity contribution is 0.247. The summed E-state index contributed by atoms with van der Waals surface area (Å²) >= 11 is 0. The van der Waals surface area contributed by atoms with Crippen molar-refractivity contribution in [3.8, 4) is 0 Å². The lowest BCUT2D eigenvalue weighted by Gasteiger charge is -2.04. The second kappa shape index (κ2) is 2.68. The number of amides is 2. The summed E-state index contributed by atoms with van der Waals surface area (Å²) in [6.45, 7) is 2.03. The molecule has 10 heavy (non-hydrogen) atoms. The largest absolute Gasteiger partial charge is 0.328 e. The summed E-state index contributed by atoms with van der Waals surface area (Å²) in [5.74, 6) is 0.298. The normalized spacial score (nSPS) is 24.3. The number of hydrogen-bond donors (Lipinski definition) is 3. The molecule has 56 valence electrons. The molecule has 4 heteroatoms.